The summed E-state index contributed by atoms with van der Waals surface area (Å²) in [4.78, 5) is 24.5. The summed E-state index contributed by atoms with van der Waals surface area (Å²) in [5, 5.41) is 11.7. The summed E-state index contributed by atoms with van der Waals surface area (Å²) in [6.45, 7) is 3.30. The molecule has 0 unspecified atom stereocenters. The number of benzene rings is 1. The van der Waals surface area contributed by atoms with Gasteiger partial charge in [0.25, 0.3) is 5.69 Å². The van der Waals surface area contributed by atoms with Gasteiger partial charge in [-0.3, -0.25) is 10.1 Å². The van der Waals surface area contributed by atoms with Crippen LogP contribution in [0.1, 0.15) is 25.3 Å². The summed E-state index contributed by atoms with van der Waals surface area (Å²) in [5.41, 5.74) is 0.0911. The van der Waals surface area contributed by atoms with E-state index >= 15 is 4.39 Å². The van der Waals surface area contributed by atoms with Crippen LogP contribution in [0.5, 0.6) is 0 Å². The Bertz CT molecular complexity index is 746. The summed E-state index contributed by atoms with van der Waals surface area (Å²) in [6, 6.07) is 2.42. The van der Waals surface area contributed by atoms with Gasteiger partial charge in [-0.05, 0) is 37.0 Å². The number of halogens is 1. The van der Waals surface area contributed by atoms with Crippen LogP contribution in [0, 0.1) is 15.9 Å². The first kappa shape index (κ1) is 21.8. The van der Waals surface area contributed by atoms with Crippen LogP contribution in [0.2, 0.25) is 0 Å². The van der Waals surface area contributed by atoms with Crippen molar-refractivity contribution in [1.29, 1.82) is 0 Å². The highest BCUT2D eigenvalue weighted by atomic mass is 19.1. The van der Waals surface area contributed by atoms with Crippen LogP contribution < -0.4 is 4.90 Å². The highest BCUT2D eigenvalue weighted by Crippen LogP contribution is 2.37. The Morgan fingerprint density at radius 3 is 2.61 bits per heavy atom. The maximum absolute atomic E-state index is 15.1. The SMILES string of the molecule is CCN(c1c(F)cc(/C(=C\C(=O)OC)COC)cc1[N+](=O)[O-])C1CCOCC1. The number of nitro groups is 1. The molecule has 0 aromatic heterocycles. The fourth-order valence-electron chi connectivity index (χ4n) is 3.35. The zero-order chi connectivity index (χ0) is 20.7. The fourth-order valence-corrected chi connectivity index (χ4v) is 3.35. The van der Waals surface area contributed by atoms with Gasteiger partial charge in [0.2, 0.25) is 0 Å². The Morgan fingerprint density at radius 1 is 1.39 bits per heavy atom. The second kappa shape index (κ2) is 10.1. The van der Waals surface area contributed by atoms with Crippen LogP contribution in [0.3, 0.4) is 0 Å². The summed E-state index contributed by atoms with van der Waals surface area (Å²) < 4.78 is 30.1. The number of carbonyl (C=O) groups is 1. The fraction of sp³-hybridized carbons (Fsp3) is 0.526. The molecule has 0 atom stereocenters. The average Bonchev–Trinajstić information content (AvgIpc) is 2.69. The molecule has 9 heteroatoms. The number of rotatable bonds is 8. The highest BCUT2D eigenvalue weighted by molar-refractivity contribution is 5.92. The Kier molecular flexibility index (Phi) is 7.89. The van der Waals surface area contributed by atoms with Gasteiger partial charge in [-0.25, -0.2) is 9.18 Å². The molecule has 1 aliphatic heterocycles. The number of anilines is 1. The van der Waals surface area contributed by atoms with Gasteiger partial charge in [-0.15, -0.1) is 0 Å². The van der Waals surface area contributed by atoms with Crippen molar-refractivity contribution in [2.75, 3.05) is 45.5 Å². The van der Waals surface area contributed by atoms with E-state index in [1.54, 1.807) is 4.90 Å². The molecule has 8 nitrogen and oxygen atoms in total. The molecule has 154 valence electrons. The van der Waals surface area contributed by atoms with E-state index in [0.29, 0.717) is 32.6 Å². The molecule has 1 fully saturated rings. The van der Waals surface area contributed by atoms with Crippen LogP contribution in [0.4, 0.5) is 15.8 Å². The number of ether oxygens (including phenoxy) is 3. The molecule has 0 amide bonds. The molecule has 1 aromatic rings. The summed E-state index contributed by atoms with van der Waals surface area (Å²) in [6.07, 6.45) is 2.48. The van der Waals surface area contributed by atoms with Crippen molar-refractivity contribution < 1.29 is 28.3 Å². The van der Waals surface area contributed by atoms with Gasteiger partial charge in [0.15, 0.2) is 11.5 Å². The third-order valence-electron chi connectivity index (χ3n) is 4.66. The van der Waals surface area contributed by atoms with Gasteiger partial charge in [-0.1, -0.05) is 0 Å². The van der Waals surface area contributed by atoms with Crippen molar-refractivity contribution in [2.24, 2.45) is 0 Å². The second-order valence-corrected chi connectivity index (χ2v) is 6.34. The van der Waals surface area contributed by atoms with E-state index in [4.69, 9.17) is 9.47 Å². The standard InChI is InChI=1S/C19H25FN2O6/c1-4-21(15-5-7-28-8-6-15)19-16(20)9-13(10-17(19)22(24)25)14(12-26-2)11-18(23)27-3/h9-11,15H,4-8,12H2,1-3H3/b14-11-. The first-order valence-electron chi connectivity index (χ1n) is 9.03. The van der Waals surface area contributed by atoms with Gasteiger partial charge in [-0.2, -0.15) is 0 Å². The van der Waals surface area contributed by atoms with E-state index in [0.717, 1.165) is 6.08 Å². The van der Waals surface area contributed by atoms with Crippen LogP contribution >= 0.6 is 0 Å². The molecule has 28 heavy (non-hydrogen) atoms. The normalized spacial score (nSPS) is 15.4. The van der Waals surface area contributed by atoms with Crippen molar-refractivity contribution >= 4 is 22.9 Å². The van der Waals surface area contributed by atoms with Gasteiger partial charge in [0.05, 0.1) is 18.6 Å². The Labute approximate surface area is 163 Å². The van der Waals surface area contributed by atoms with E-state index in [1.165, 1.54) is 26.4 Å². The maximum atomic E-state index is 15.1. The van der Waals surface area contributed by atoms with Crippen LogP contribution in [0.25, 0.3) is 5.57 Å². The molecule has 0 bridgehead atoms. The minimum absolute atomic E-state index is 0.0253. The predicted molar refractivity (Wildman–Crippen MR) is 102 cm³/mol. The molecule has 1 saturated heterocycles. The number of esters is 1. The number of nitrogens with zero attached hydrogens (tertiary/aromatic N) is 2. The molecule has 2 rings (SSSR count). The molecule has 0 radical (unpaired) electrons. The number of carbonyl (C=O) groups excluding carboxylic acids is 1. The molecule has 1 heterocycles. The third kappa shape index (κ3) is 5.05. The zero-order valence-corrected chi connectivity index (χ0v) is 16.3. The van der Waals surface area contributed by atoms with E-state index in [1.807, 2.05) is 6.92 Å². The zero-order valence-electron chi connectivity index (χ0n) is 16.3. The lowest BCUT2D eigenvalue weighted by atomic mass is 10.0. The van der Waals surface area contributed by atoms with Crippen molar-refractivity contribution in [2.45, 2.75) is 25.8 Å². The Hall–Kier alpha value is -2.52. The first-order chi connectivity index (χ1) is 13.4. The lowest BCUT2D eigenvalue weighted by molar-refractivity contribution is -0.384. The molecule has 1 aliphatic rings. The number of nitro benzene ring substituents is 1. The minimum atomic E-state index is -0.718. The molecular formula is C19H25FN2O6. The van der Waals surface area contributed by atoms with Crippen LogP contribution in [-0.4, -0.2) is 57.5 Å². The van der Waals surface area contributed by atoms with Crippen molar-refractivity contribution in [3.05, 3.63) is 39.7 Å². The number of methoxy groups -OCH3 is 2. The smallest absolute Gasteiger partial charge is 0.330 e. The predicted octanol–water partition coefficient (Wildman–Crippen LogP) is 2.94. The summed E-state index contributed by atoms with van der Waals surface area (Å²) in [7, 11) is 2.62. The van der Waals surface area contributed by atoms with Crippen LogP contribution in [0.15, 0.2) is 18.2 Å². The van der Waals surface area contributed by atoms with E-state index in [9.17, 15) is 14.9 Å². The highest BCUT2D eigenvalue weighted by Gasteiger charge is 2.30. The van der Waals surface area contributed by atoms with Crippen molar-refractivity contribution in [3.63, 3.8) is 0 Å². The van der Waals surface area contributed by atoms with Gasteiger partial charge < -0.3 is 19.1 Å². The van der Waals surface area contributed by atoms with E-state index in [-0.39, 0.29) is 35.2 Å². The average molecular weight is 396 g/mol. The molecule has 0 aliphatic carbocycles. The Balaban J connectivity index is 2.55. The van der Waals surface area contributed by atoms with Crippen molar-refractivity contribution in [1.82, 2.24) is 0 Å². The topological polar surface area (TPSA) is 91.1 Å². The number of hydrogen-bond donors (Lipinski definition) is 0. The quantitative estimate of drug-likeness (QED) is 0.289. The minimum Gasteiger partial charge on any atom is -0.466 e. The van der Waals surface area contributed by atoms with Gasteiger partial charge in [0, 0.05) is 45.1 Å². The molecule has 0 N–H and O–H groups in total. The lowest BCUT2D eigenvalue weighted by Gasteiger charge is -2.35. The summed E-state index contributed by atoms with van der Waals surface area (Å²) >= 11 is 0. The van der Waals surface area contributed by atoms with Crippen molar-refractivity contribution in [3.8, 4) is 0 Å². The monoisotopic (exact) mass is 396 g/mol. The molecule has 0 spiro atoms. The number of hydrogen-bond acceptors (Lipinski definition) is 7. The third-order valence-corrected chi connectivity index (χ3v) is 4.66. The van der Waals surface area contributed by atoms with E-state index in [2.05, 4.69) is 4.74 Å². The largest absolute Gasteiger partial charge is 0.466 e. The lowest BCUT2D eigenvalue weighted by Crippen LogP contribution is -2.40. The maximum Gasteiger partial charge on any atom is 0.330 e. The Morgan fingerprint density at radius 2 is 2.07 bits per heavy atom. The second-order valence-electron chi connectivity index (χ2n) is 6.34. The first-order valence-corrected chi connectivity index (χ1v) is 9.03. The summed E-state index contributed by atoms with van der Waals surface area (Å²) in [5.74, 6) is -1.37. The molecular weight excluding hydrogens is 371 g/mol. The van der Waals surface area contributed by atoms with Gasteiger partial charge >= 0.3 is 5.97 Å². The molecule has 0 saturated carbocycles. The molecule has 1 aromatic carbocycles. The van der Waals surface area contributed by atoms with Crippen LogP contribution in [-0.2, 0) is 19.0 Å². The van der Waals surface area contributed by atoms with E-state index < -0.39 is 16.7 Å². The van der Waals surface area contributed by atoms with Gasteiger partial charge in [0.1, 0.15) is 0 Å².